The van der Waals surface area contributed by atoms with Gasteiger partial charge < -0.3 is 10.6 Å². The molecule has 2 amide bonds. The highest BCUT2D eigenvalue weighted by molar-refractivity contribution is 9.10. The van der Waals surface area contributed by atoms with Gasteiger partial charge in [-0.3, -0.25) is 0 Å². The lowest BCUT2D eigenvalue weighted by Gasteiger charge is -2.11. The van der Waals surface area contributed by atoms with Crippen LogP contribution in [0.4, 0.5) is 16.2 Å². The maximum Gasteiger partial charge on any atom is 0.323 e. The minimum Gasteiger partial charge on any atom is -0.307 e. The Morgan fingerprint density at radius 3 is 2.40 bits per heavy atom. The lowest BCUT2D eigenvalue weighted by Crippen LogP contribution is -2.19. The number of carbonyl (C=O) groups excluding carboxylic acids is 1. The van der Waals surface area contributed by atoms with Crippen molar-refractivity contribution in [2.45, 2.75) is 6.92 Å². The van der Waals surface area contributed by atoms with Crippen LogP contribution in [0.3, 0.4) is 0 Å². The monoisotopic (exact) mass is 372 g/mol. The van der Waals surface area contributed by atoms with Crippen LogP contribution in [0, 0.1) is 6.92 Å². The molecule has 0 aliphatic heterocycles. The Morgan fingerprint density at radius 1 is 1.05 bits per heavy atom. The fourth-order valence-electron chi connectivity index (χ4n) is 1.58. The van der Waals surface area contributed by atoms with E-state index in [0.29, 0.717) is 21.4 Å². The molecule has 0 spiro atoms. The lowest BCUT2D eigenvalue weighted by atomic mass is 10.2. The highest BCUT2D eigenvalue weighted by Gasteiger charge is 2.09. The van der Waals surface area contributed by atoms with Gasteiger partial charge in [-0.2, -0.15) is 0 Å². The molecule has 0 aliphatic rings. The van der Waals surface area contributed by atoms with Gasteiger partial charge in [-0.15, -0.1) is 0 Å². The van der Waals surface area contributed by atoms with Crippen molar-refractivity contribution in [1.29, 1.82) is 0 Å². The smallest absolute Gasteiger partial charge is 0.307 e. The summed E-state index contributed by atoms with van der Waals surface area (Å²) in [5, 5.41) is 6.45. The van der Waals surface area contributed by atoms with Crippen LogP contribution in [-0.2, 0) is 0 Å². The summed E-state index contributed by atoms with van der Waals surface area (Å²) < 4.78 is 0.758. The zero-order chi connectivity index (χ0) is 14.7. The molecule has 0 radical (unpaired) electrons. The summed E-state index contributed by atoms with van der Waals surface area (Å²) in [4.78, 5) is 11.9. The molecule has 6 heteroatoms. The van der Waals surface area contributed by atoms with E-state index >= 15 is 0 Å². The van der Waals surface area contributed by atoms with E-state index in [-0.39, 0.29) is 0 Å². The Morgan fingerprint density at radius 2 is 1.70 bits per heavy atom. The number of aryl methyl sites for hydroxylation is 1. The molecular weight excluding hydrogens is 363 g/mol. The van der Waals surface area contributed by atoms with Gasteiger partial charge in [0.05, 0.1) is 16.4 Å². The summed E-state index contributed by atoms with van der Waals surface area (Å²) in [6.07, 6.45) is 0. The van der Waals surface area contributed by atoms with Gasteiger partial charge in [0.15, 0.2) is 0 Å². The third-order valence-electron chi connectivity index (χ3n) is 2.62. The van der Waals surface area contributed by atoms with E-state index in [4.69, 9.17) is 23.2 Å². The predicted octanol–water partition coefficient (Wildman–Crippen LogP) is 5.71. The average Bonchev–Trinajstić information content (AvgIpc) is 2.39. The zero-order valence-corrected chi connectivity index (χ0v) is 13.6. The number of nitrogens with one attached hydrogen (secondary N) is 2. The fourth-order valence-corrected chi connectivity index (χ4v) is 2.48. The third-order valence-corrected chi connectivity index (χ3v) is 4.01. The van der Waals surface area contributed by atoms with E-state index in [0.717, 1.165) is 10.0 Å². The molecule has 0 aromatic heterocycles. The van der Waals surface area contributed by atoms with Crippen LogP contribution in [-0.4, -0.2) is 6.03 Å². The van der Waals surface area contributed by atoms with Gasteiger partial charge >= 0.3 is 6.03 Å². The lowest BCUT2D eigenvalue weighted by molar-refractivity contribution is 0.262. The van der Waals surface area contributed by atoms with Crippen molar-refractivity contribution in [2.24, 2.45) is 0 Å². The first-order valence-corrected chi connectivity index (χ1v) is 7.30. The second-order valence-corrected chi connectivity index (χ2v) is 5.81. The van der Waals surface area contributed by atoms with Crippen molar-refractivity contribution in [3.05, 3.63) is 56.5 Å². The molecule has 104 valence electrons. The van der Waals surface area contributed by atoms with Gasteiger partial charge in [-0.05, 0) is 52.7 Å². The molecule has 2 N–H and O–H groups in total. The quantitative estimate of drug-likeness (QED) is 0.695. The Hall–Kier alpha value is -1.23. The normalized spacial score (nSPS) is 10.2. The van der Waals surface area contributed by atoms with Crippen LogP contribution >= 0.6 is 39.1 Å². The van der Waals surface area contributed by atoms with Gasteiger partial charge in [-0.25, -0.2) is 4.79 Å². The van der Waals surface area contributed by atoms with Gasteiger partial charge in [0.2, 0.25) is 0 Å². The SMILES string of the molecule is Cc1cc(Br)c(NC(=O)Nc2ccccc2Cl)cc1Cl. The van der Waals surface area contributed by atoms with Crippen molar-refractivity contribution in [2.75, 3.05) is 10.6 Å². The number of urea groups is 1. The first kappa shape index (κ1) is 15.2. The first-order chi connectivity index (χ1) is 9.47. The van der Waals surface area contributed by atoms with Crippen molar-refractivity contribution in [3.8, 4) is 0 Å². The third kappa shape index (κ3) is 3.66. The van der Waals surface area contributed by atoms with Crippen molar-refractivity contribution >= 4 is 56.5 Å². The molecule has 2 rings (SSSR count). The molecule has 0 bridgehead atoms. The number of rotatable bonds is 2. The van der Waals surface area contributed by atoms with Crippen LogP contribution in [0.25, 0.3) is 0 Å². The number of carbonyl (C=O) groups is 1. The number of halogens is 3. The molecule has 2 aromatic rings. The Labute approximate surface area is 135 Å². The van der Waals surface area contributed by atoms with Crippen molar-refractivity contribution in [3.63, 3.8) is 0 Å². The number of para-hydroxylation sites is 1. The minimum atomic E-state index is -0.390. The zero-order valence-electron chi connectivity index (χ0n) is 10.5. The molecule has 0 saturated carbocycles. The molecule has 0 fully saturated rings. The average molecular weight is 374 g/mol. The minimum absolute atomic E-state index is 0.390. The van der Waals surface area contributed by atoms with Crippen LogP contribution in [0.1, 0.15) is 5.56 Å². The van der Waals surface area contributed by atoms with Gasteiger partial charge in [0.1, 0.15) is 0 Å². The fraction of sp³-hybridized carbons (Fsp3) is 0.0714. The number of anilines is 2. The standard InChI is InChI=1S/C14H11BrCl2N2O/c1-8-6-9(15)13(7-11(8)17)19-14(20)18-12-5-3-2-4-10(12)16/h2-7H,1H3,(H2,18,19,20). The Balaban J connectivity index is 2.13. The summed E-state index contributed by atoms with van der Waals surface area (Å²) in [6, 6.07) is 10.1. The maximum atomic E-state index is 11.9. The summed E-state index contributed by atoms with van der Waals surface area (Å²) in [7, 11) is 0. The van der Waals surface area contributed by atoms with E-state index in [1.165, 1.54) is 0 Å². The number of hydrogen-bond acceptors (Lipinski definition) is 1. The van der Waals surface area contributed by atoms with E-state index in [1.54, 1.807) is 30.3 Å². The van der Waals surface area contributed by atoms with Crippen molar-refractivity contribution in [1.82, 2.24) is 0 Å². The molecule has 0 atom stereocenters. The Bertz CT molecular complexity index is 662. The first-order valence-electron chi connectivity index (χ1n) is 5.75. The van der Waals surface area contributed by atoms with E-state index in [1.807, 2.05) is 13.0 Å². The summed E-state index contributed by atoms with van der Waals surface area (Å²) in [6.45, 7) is 1.89. The second kappa shape index (κ2) is 6.48. The van der Waals surface area contributed by atoms with E-state index in [9.17, 15) is 4.79 Å². The second-order valence-electron chi connectivity index (χ2n) is 4.14. The number of hydrogen-bond donors (Lipinski definition) is 2. The van der Waals surface area contributed by atoms with Crippen LogP contribution in [0.2, 0.25) is 10.0 Å². The highest BCUT2D eigenvalue weighted by Crippen LogP contribution is 2.29. The molecule has 0 saturated heterocycles. The van der Waals surface area contributed by atoms with Gasteiger partial charge in [0, 0.05) is 9.50 Å². The molecule has 3 nitrogen and oxygen atoms in total. The number of amides is 2. The molecule has 0 heterocycles. The molecule has 0 aliphatic carbocycles. The largest absolute Gasteiger partial charge is 0.323 e. The highest BCUT2D eigenvalue weighted by atomic mass is 79.9. The molecular formula is C14H11BrCl2N2O. The Kier molecular flexibility index (Phi) is 4.91. The van der Waals surface area contributed by atoms with E-state index in [2.05, 4.69) is 26.6 Å². The van der Waals surface area contributed by atoms with E-state index < -0.39 is 6.03 Å². The number of benzene rings is 2. The van der Waals surface area contributed by atoms with Crippen LogP contribution in [0.15, 0.2) is 40.9 Å². The van der Waals surface area contributed by atoms with Crippen LogP contribution in [0.5, 0.6) is 0 Å². The molecule has 20 heavy (non-hydrogen) atoms. The summed E-state index contributed by atoms with van der Waals surface area (Å²) >= 11 is 15.4. The molecule has 2 aromatic carbocycles. The van der Waals surface area contributed by atoms with Gasteiger partial charge in [0.25, 0.3) is 0 Å². The summed E-state index contributed by atoms with van der Waals surface area (Å²) in [5.74, 6) is 0. The predicted molar refractivity (Wildman–Crippen MR) is 88.0 cm³/mol. The maximum absolute atomic E-state index is 11.9. The summed E-state index contributed by atoms with van der Waals surface area (Å²) in [5.41, 5.74) is 2.06. The molecule has 0 unspecified atom stereocenters. The van der Waals surface area contributed by atoms with Gasteiger partial charge in [-0.1, -0.05) is 35.3 Å². The van der Waals surface area contributed by atoms with Crippen LogP contribution < -0.4 is 10.6 Å². The topological polar surface area (TPSA) is 41.1 Å². The van der Waals surface area contributed by atoms with Crippen molar-refractivity contribution < 1.29 is 4.79 Å².